The van der Waals surface area contributed by atoms with E-state index >= 15 is 0 Å². The van der Waals surface area contributed by atoms with E-state index in [1.165, 1.54) is 25.1 Å². The highest BCUT2D eigenvalue weighted by Gasteiger charge is 2.21. The van der Waals surface area contributed by atoms with E-state index in [-0.39, 0.29) is 17.0 Å². The number of aromatic carboxylic acids is 1. The lowest BCUT2D eigenvalue weighted by molar-refractivity contribution is 0.0696. The van der Waals surface area contributed by atoms with Crippen molar-refractivity contribution < 1.29 is 18.8 Å². The van der Waals surface area contributed by atoms with Crippen molar-refractivity contribution in [3.63, 3.8) is 0 Å². The molecule has 0 bridgehead atoms. The largest absolute Gasteiger partial charge is 0.477 e. The second-order valence-corrected chi connectivity index (χ2v) is 3.29. The molecule has 5 heteroatoms. The third-order valence-corrected chi connectivity index (χ3v) is 2.16. The predicted octanol–water partition coefficient (Wildman–Crippen LogP) is 2.49. The average Bonchev–Trinajstić information content (AvgIpc) is 2.60. The molecule has 0 amide bonds. The molecule has 0 saturated heterocycles. The molecule has 0 saturated carbocycles. The number of carboxylic acids is 1. The van der Waals surface area contributed by atoms with Crippen LogP contribution in [0.1, 0.15) is 16.1 Å². The summed E-state index contributed by atoms with van der Waals surface area (Å²) < 4.78 is 17.9. The predicted molar refractivity (Wildman–Crippen MR) is 53.6 cm³/mol. The van der Waals surface area contributed by atoms with Crippen LogP contribution in [0, 0.1) is 12.7 Å². The maximum absolute atomic E-state index is 13.0. The van der Waals surface area contributed by atoms with E-state index in [4.69, 9.17) is 9.63 Å². The van der Waals surface area contributed by atoms with Crippen LogP contribution in [0.5, 0.6) is 0 Å². The fraction of sp³-hybridized carbons (Fsp3) is 0.0909. The van der Waals surface area contributed by atoms with Gasteiger partial charge in [0.05, 0.1) is 5.69 Å². The number of hydrogen-bond donors (Lipinski definition) is 1. The summed E-state index contributed by atoms with van der Waals surface area (Å²) >= 11 is 0. The van der Waals surface area contributed by atoms with Crippen molar-refractivity contribution in [2.75, 3.05) is 0 Å². The van der Waals surface area contributed by atoms with Crippen LogP contribution in [0.15, 0.2) is 28.8 Å². The third-order valence-electron chi connectivity index (χ3n) is 2.16. The number of aryl methyl sites for hydroxylation is 1. The van der Waals surface area contributed by atoms with Crippen molar-refractivity contribution in [3.8, 4) is 11.3 Å². The molecule has 2 rings (SSSR count). The van der Waals surface area contributed by atoms with E-state index in [0.717, 1.165) is 0 Å². The van der Waals surface area contributed by atoms with Gasteiger partial charge in [0.15, 0.2) is 5.76 Å². The maximum atomic E-state index is 13.0. The maximum Gasteiger partial charge on any atom is 0.341 e. The Labute approximate surface area is 90.3 Å². The highest BCUT2D eigenvalue weighted by atomic mass is 19.1. The first kappa shape index (κ1) is 10.4. The van der Waals surface area contributed by atoms with Crippen LogP contribution in [0.2, 0.25) is 0 Å². The molecule has 0 radical (unpaired) electrons. The van der Waals surface area contributed by atoms with Crippen LogP contribution in [-0.4, -0.2) is 16.2 Å². The minimum atomic E-state index is -1.14. The van der Waals surface area contributed by atoms with Crippen molar-refractivity contribution in [3.05, 3.63) is 41.3 Å². The zero-order valence-electron chi connectivity index (χ0n) is 8.40. The first-order valence-electron chi connectivity index (χ1n) is 4.55. The molecular weight excluding hydrogens is 213 g/mol. The Hall–Kier alpha value is -2.17. The first-order chi connectivity index (χ1) is 7.59. The molecule has 0 aliphatic rings. The van der Waals surface area contributed by atoms with Gasteiger partial charge in [-0.05, 0) is 19.1 Å². The van der Waals surface area contributed by atoms with Crippen LogP contribution in [0.25, 0.3) is 11.3 Å². The fourth-order valence-electron chi connectivity index (χ4n) is 1.45. The van der Waals surface area contributed by atoms with Crippen LogP contribution in [0.4, 0.5) is 4.39 Å². The number of benzene rings is 1. The SMILES string of the molecule is Cc1noc(-c2cccc(F)c2)c1C(=O)O. The van der Waals surface area contributed by atoms with E-state index in [2.05, 4.69) is 5.16 Å². The molecule has 16 heavy (non-hydrogen) atoms. The standard InChI is InChI=1S/C11H8FNO3/c1-6-9(11(14)15)10(16-13-6)7-3-2-4-8(12)5-7/h2-5H,1H3,(H,14,15). The lowest BCUT2D eigenvalue weighted by Crippen LogP contribution is -1.99. The third kappa shape index (κ3) is 1.67. The Balaban J connectivity index is 2.60. The van der Waals surface area contributed by atoms with Crippen molar-refractivity contribution in [1.82, 2.24) is 5.16 Å². The summed E-state index contributed by atoms with van der Waals surface area (Å²) in [6, 6.07) is 5.52. The number of aromatic nitrogens is 1. The minimum absolute atomic E-state index is 0.0365. The molecule has 0 aliphatic heterocycles. The summed E-state index contributed by atoms with van der Waals surface area (Å²) in [6.07, 6.45) is 0. The van der Waals surface area contributed by atoms with Crippen molar-refractivity contribution in [2.45, 2.75) is 6.92 Å². The molecule has 0 fully saturated rings. The molecular formula is C11H8FNO3. The van der Waals surface area contributed by atoms with Crippen molar-refractivity contribution >= 4 is 5.97 Å². The van der Waals surface area contributed by atoms with Crippen molar-refractivity contribution in [2.24, 2.45) is 0 Å². The minimum Gasteiger partial charge on any atom is -0.477 e. The summed E-state index contributed by atoms with van der Waals surface area (Å²) in [5.74, 6) is -1.52. The fourth-order valence-corrected chi connectivity index (χ4v) is 1.45. The number of rotatable bonds is 2. The molecule has 2 aromatic rings. The van der Waals surface area contributed by atoms with Gasteiger partial charge in [-0.3, -0.25) is 0 Å². The Morgan fingerprint density at radius 1 is 1.50 bits per heavy atom. The summed E-state index contributed by atoms with van der Waals surface area (Å²) in [5, 5.41) is 12.5. The summed E-state index contributed by atoms with van der Waals surface area (Å²) in [6.45, 7) is 1.52. The summed E-state index contributed by atoms with van der Waals surface area (Å²) in [5.41, 5.74) is 0.593. The van der Waals surface area contributed by atoms with Gasteiger partial charge in [-0.25, -0.2) is 9.18 Å². The monoisotopic (exact) mass is 221 g/mol. The van der Waals surface area contributed by atoms with E-state index in [0.29, 0.717) is 5.56 Å². The molecule has 4 nitrogen and oxygen atoms in total. The zero-order chi connectivity index (χ0) is 11.7. The molecule has 0 spiro atoms. The van der Waals surface area contributed by atoms with E-state index in [9.17, 15) is 9.18 Å². The van der Waals surface area contributed by atoms with Gasteiger partial charge in [-0.15, -0.1) is 0 Å². The Kier molecular flexibility index (Phi) is 2.44. The number of halogens is 1. The van der Waals surface area contributed by atoms with Gasteiger partial charge >= 0.3 is 5.97 Å². The molecule has 1 aromatic heterocycles. The molecule has 0 atom stereocenters. The van der Waals surface area contributed by atoms with E-state index in [1.54, 1.807) is 6.07 Å². The Morgan fingerprint density at radius 3 is 2.88 bits per heavy atom. The lowest BCUT2D eigenvalue weighted by atomic mass is 10.1. The molecule has 1 aromatic carbocycles. The second-order valence-electron chi connectivity index (χ2n) is 3.29. The lowest BCUT2D eigenvalue weighted by Gasteiger charge is -1.97. The number of hydrogen-bond acceptors (Lipinski definition) is 3. The number of carbonyl (C=O) groups is 1. The normalized spacial score (nSPS) is 10.4. The zero-order valence-corrected chi connectivity index (χ0v) is 8.40. The van der Waals surface area contributed by atoms with Gasteiger partial charge < -0.3 is 9.63 Å². The van der Waals surface area contributed by atoms with E-state index in [1.807, 2.05) is 0 Å². The van der Waals surface area contributed by atoms with Crippen LogP contribution in [0.3, 0.4) is 0 Å². The molecule has 0 aliphatic carbocycles. The van der Waals surface area contributed by atoms with Crippen molar-refractivity contribution in [1.29, 1.82) is 0 Å². The Morgan fingerprint density at radius 2 is 2.25 bits per heavy atom. The van der Waals surface area contributed by atoms with Gasteiger partial charge in [-0.1, -0.05) is 17.3 Å². The Bertz CT molecular complexity index is 548. The molecule has 1 N–H and O–H groups in total. The summed E-state index contributed by atoms with van der Waals surface area (Å²) in [4.78, 5) is 11.0. The van der Waals surface area contributed by atoms with Crippen LogP contribution in [-0.2, 0) is 0 Å². The van der Waals surface area contributed by atoms with Gasteiger partial charge in [0.1, 0.15) is 11.4 Å². The quantitative estimate of drug-likeness (QED) is 0.846. The topological polar surface area (TPSA) is 63.3 Å². The van der Waals surface area contributed by atoms with Crippen LogP contribution < -0.4 is 0 Å². The summed E-state index contributed by atoms with van der Waals surface area (Å²) in [7, 11) is 0. The van der Waals surface area contributed by atoms with Crippen LogP contribution >= 0.6 is 0 Å². The smallest absolute Gasteiger partial charge is 0.341 e. The molecule has 1 heterocycles. The average molecular weight is 221 g/mol. The van der Waals surface area contributed by atoms with Gasteiger partial charge in [-0.2, -0.15) is 0 Å². The first-order valence-corrected chi connectivity index (χ1v) is 4.55. The number of nitrogens with zero attached hydrogens (tertiary/aromatic N) is 1. The molecule has 0 unspecified atom stereocenters. The molecule has 82 valence electrons. The highest BCUT2D eigenvalue weighted by Crippen LogP contribution is 2.26. The number of carboxylic acid groups (broad SMARTS) is 1. The van der Waals surface area contributed by atoms with Gasteiger partial charge in [0.2, 0.25) is 0 Å². The van der Waals surface area contributed by atoms with Gasteiger partial charge in [0.25, 0.3) is 0 Å². The van der Waals surface area contributed by atoms with E-state index < -0.39 is 11.8 Å². The highest BCUT2D eigenvalue weighted by molar-refractivity contribution is 5.95. The van der Waals surface area contributed by atoms with Gasteiger partial charge in [0, 0.05) is 5.56 Å². The second kappa shape index (κ2) is 3.77.